The Labute approximate surface area is 113 Å². The maximum atomic E-state index is 12.9. The van der Waals surface area contributed by atoms with Crippen LogP contribution >= 0.6 is 11.6 Å². The van der Waals surface area contributed by atoms with E-state index in [4.69, 9.17) is 25.9 Å². The molecule has 0 spiro atoms. The molecule has 1 aromatic carbocycles. The number of hydrogen-bond donors (Lipinski definition) is 1. The van der Waals surface area contributed by atoms with Crippen molar-refractivity contribution in [3.63, 3.8) is 0 Å². The van der Waals surface area contributed by atoms with Gasteiger partial charge in [0.15, 0.2) is 6.10 Å². The van der Waals surface area contributed by atoms with Crippen LogP contribution in [0.15, 0.2) is 34.7 Å². The summed E-state index contributed by atoms with van der Waals surface area (Å²) in [4.78, 5) is 10.7. The first-order chi connectivity index (χ1) is 8.97. The Kier molecular flexibility index (Phi) is 3.76. The van der Waals surface area contributed by atoms with E-state index in [2.05, 4.69) is 0 Å². The van der Waals surface area contributed by atoms with Crippen molar-refractivity contribution in [2.45, 2.75) is 13.0 Å². The molecule has 1 aromatic heterocycles. The molecule has 1 unspecified atom stereocenters. The lowest BCUT2D eigenvalue weighted by Crippen LogP contribution is -2.02. The van der Waals surface area contributed by atoms with E-state index in [1.54, 1.807) is 6.92 Å². The highest BCUT2D eigenvalue weighted by Crippen LogP contribution is 2.30. The summed E-state index contributed by atoms with van der Waals surface area (Å²) in [7, 11) is 0. The van der Waals surface area contributed by atoms with Gasteiger partial charge in [-0.05, 0) is 37.3 Å². The largest absolute Gasteiger partial charge is 0.481 e. The molecule has 0 aliphatic rings. The van der Waals surface area contributed by atoms with Crippen LogP contribution in [-0.4, -0.2) is 11.1 Å². The van der Waals surface area contributed by atoms with E-state index < -0.39 is 17.9 Å². The number of ether oxygens (including phenoxy) is 1. The summed E-state index contributed by atoms with van der Waals surface area (Å²) in [5.41, 5.74) is 0. The standard InChI is InChI=1S/C13H10ClFO4/c1-7(10-4-5-12(19-10)13(16)17)18-11-3-2-8(15)6-9(11)14/h2-7H,1H3,(H,16,17). The molecule has 0 saturated carbocycles. The fourth-order valence-electron chi connectivity index (χ4n) is 1.51. The Hall–Kier alpha value is -2.01. The molecule has 1 heterocycles. The molecule has 0 aliphatic carbocycles. The van der Waals surface area contributed by atoms with Crippen LogP contribution in [0, 0.1) is 5.82 Å². The quantitative estimate of drug-likeness (QED) is 0.924. The number of benzene rings is 1. The number of furan rings is 1. The molecule has 0 saturated heterocycles. The lowest BCUT2D eigenvalue weighted by molar-refractivity contribution is 0.0655. The molecule has 1 N–H and O–H groups in total. The van der Waals surface area contributed by atoms with Gasteiger partial charge in [-0.3, -0.25) is 0 Å². The Morgan fingerprint density at radius 3 is 2.74 bits per heavy atom. The molecule has 0 bridgehead atoms. The predicted molar refractivity (Wildman–Crippen MR) is 66.1 cm³/mol. The number of rotatable bonds is 4. The first-order valence-corrected chi connectivity index (χ1v) is 5.80. The van der Waals surface area contributed by atoms with Gasteiger partial charge in [-0.1, -0.05) is 11.6 Å². The van der Waals surface area contributed by atoms with Crippen LogP contribution in [0.1, 0.15) is 29.3 Å². The third-order valence-electron chi connectivity index (χ3n) is 2.44. The van der Waals surface area contributed by atoms with Gasteiger partial charge in [-0.15, -0.1) is 0 Å². The molecule has 0 fully saturated rings. The number of carbonyl (C=O) groups is 1. The molecule has 2 rings (SSSR count). The number of hydrogen-bond acceptors (Lipinski definition) is 3. The van der Waals surface area contributed by atoms with Gasteiger partial charge in [0.25, 0.3) is 0 Å². The zero-order valence-electron chi connectivity index (χ0n) is 9.89. The topological polar surface area (TPSA) is 59.7 Å². The first kappa shape index (κ1) is 13.4. The van der Waals surface area contributed by atoms with Crippen molar-refractivity contribution in [2.75, 3.05) is 0 Å². The summed E-state index contributed by atoms with van der Waals surface area (Å²) in [6.07, 6.45) is -0.545. The Morgan fingerprint density at radius 2 is 2.16 bits per heavy atom. The summed E-state index contributed by atoms with van der Waals surface area (Å²) in [5, 5.41) is 8.88. The SMILES string of the molecule is CC(Oc1ccc(F)cc1Cl)c1ccc(C(=O)O)o1. The number of carboxylic acid groups (broad SMARTS) is 1. The maximum Gasteiger partial charge on any atom is 0.371 e. The van der Waals surface area contributed by atoms with Gasteiger partial charge in [0, 0.05) is 0 Å². The highest BCUT2D eigenvalue weighted by molar-refractivity contribution is 6.32. The Morgan fingerprint density at radius 1 is 1.42 bits per heavy atom. The average Bonchev–Trinajstić information content (AvgIpc) is 2.82. The molecule has 100 valence electrons. The van der Waals surface area contributed by atoms with Gasteiger partial charge in [0.05, 0.1) is 5.02 Å². The molecule has 4 nitrogen and oxygen atoms in total. The van der Waals surface area contributed by atoms with Crippen molar-refractivity contribution >= 4 is 17.6 Å². The van der Waals surface area contributed by atoms with Crippen molar-refractivity contribution in [3.05, 3.63) is 52.7 Å². The second kappa shape index (κ2) is 5.32. The fraction of sp³-hybridized carbons (Fsp3) is 0.154. The fourth-order valence-corrected chi connectivity index (χ4v) is 1.72. The minimum absolute atomic E-state index is 0.136. The van der Waals surface area contributed by atoms with Gasteiger partial charge < -0.3 is 14.3 Å². The summed E-state index contributed by atoms with van der Waals surface area (Å²) >= 11 is 5.83. The van der Waals surface area contributed by atoms with Crippen LogP contribution in [0.2, 0.25) is 5.02 Å². The van der Waals surface area contributed by atoms with E-state index in [0.29, 0.717) is 11.5 Å². The first-order valence-electron chi connectivity index (χ1n) is 5.42. The molecule has 0 radical (unpaired) electrons. The van der Waals surface area contributed by atoms with E-state index in [9.17, 15) is 9.18 Å². The van der Waals surface area contributed by atoms with Gasteiger partial charge in [-0.2, -0.15) is 0 Å². The van der Waals surface area contributed by atoms with Crippen molar-refractivity contribution in [1.82, 2.24) is 0 Å². The van der Waals surface area contributed by atoms with E-state index in [1.807, 2.05) is 0 Å². The molecule has 0 amide bonds. The Bertz CT molecular complexity index is 608. The maximum absolute atomic E-state index is 12.9. The number of aromatic carboxylic acids is 1. The van der Waals surface area contributed by atoms with Gasteiger partial charge in [0.2, 0.25) is 5.76 Å². The highest BCUT2D eigenvalue weighted by atomic mass is 35.5. The van der Waals surface area contributed by atoms with Crippen LogP contribution in [-0.2, 0) is 0 Å². The van der Waals surface area contributed by atoms with Gasteiger partial charge in [0.1, 0.15) is 17.3 Å². The third kappa shape index (κ3) is 3.06. The van der Waals surface area contributed by atoms with Crippen molar-refractivity contribution < 1.29 is 23.4 Å². The molecular formula is C13H10ClFO4. The second-order valence-corrected chi connectivity index (χ2v) is 4.25. The van der Waals surface area contributed by atoms with Crippen LogP contribution in [0.5, 0.6) is 5.75 Å². The van der Waals surface area contributed by atoms with Gasteiger partial charge >= 0.3 is 5.97 Å². The monoisotopic (exact) mass is 284 g/mol. The summed E-state index contributed by atoms with van der Waals surface area (Å²) in [5.74, 6) is -1.15. The van der Waals surface area contributed by atoms with Crippen molar-refractivity contribution in [2.24, 2.45) is 0 Å². The smallest absolute Gasteiger partial charge is 0.371 e. The van der Waals surface area contributed by atoms with Crippen LogP contribution in [0.3, 0.4) is 0 Å². The summed E-state index contributed by atoms with van der Waals surface area (Å²) < 4.78 is 23.5. The van der Waals surface area contributed by atoms with E-state index in [1.165, 1.54) is 24.3 Å². The second-order valence-electron chi connectivity index (χ2n) is 3.84. The zero-order valence-corrected chi connectivity index (χ0v) is 10.6. The molecule has 1 atom stereocenters. The normalized spacial score (nSPS) is 12.2. The minimum atomic E-state index is -1.15. The predicted octanol–water partition coefficient (Wildman–Crippen LogP) is 3.91. The van der Waals surface area contributed by atoms with Crippen molar-refractivity contribution in [1.29, 1.82) is 0 Å². The molecule has 2 aromatic rings. The highest BCUT2D eigenvalue weighted by Gasteiger charge is 2.16. The van der Waals surface area contributed by atoms with Crippen LogP contribution < -0.4 is 4.74 Å². The van der Waals surface area contributed by atoms with E-state index in [0.717, 1.165) is 6.07 Å². The summed E-state index contributed by atoms with van der Waals surface area (Å²) in [6, 6.07) is 6.59. The molecule has 19 heavy (non-hydrogen) atoms. The van der Waals surface area contributed by atoms with E-state index >= 15 is 0 Å². The molecule has 0 aliphatic heterocycles. The van der Waals surface area contributed by atoms with Crippen LogP contribution in [0.25, 0.3) is 0 Å². The van der Waals surface area contributed by atoms with Gasteiger partial charge in [-0.25, -0.2) is 9.18 Å². The lowest BCUT2D eigenvalue weighted by Gasteiger charge is -2.13. The minimum Gasteiger partial charge on any atom is -0.481 e. The average molecular weight is 285 g/mol. The van der Waals surface area contributed by atoms with Crippen molar-refractivity contribution in [3.8, 4) is 5.75 Å². The molecule has 6 heteroatoms. The van der Waals surface area contributed by atoms with E-state index in [-0.39, 0.29) is 10.8 Å². The number of carboxylic acids is 1. The Balaban J connectivity index is 2.15. The molecular weight excluding hydrogens is 275 g/mol. The van der Waals surface area contributed by atoms with Crippen LogP contribution in [0.4, 0.5) is 4.39 Å². The third-order valence-corrected chi connectivity index (χ3v) is 2.73. The lowest BCUT2D eigenvalue weighted by atomic mass is 10.3. The summed E-state index contributed by atoms with van der Waals surface area (Å²) in [6.45, 7) is 1.67. The number of halogens is 2. The zero-order chi connectivity index (χ0) is 14.0.